The first kappa shape index (κ1) is 14.3. The normalized spacial score (nSPS) is 20.7. The molecule has 0 unspecified atom stereocenters. The second-order valence-electron chi connectivity index (χ2n) is 5.77. The van der Waals surface area contributed by atoms with Gasteiger partial charge < -0.3 is 10.1 Å². The average Bonchev–Trinajstić information content (AvgIpc) is 2.46. The zero-order valence-corrected chi connectivity index (χ0v) is 13.2. The van der Waals surface area contributed by atoms with E-state index < -0.39 is 0 Å². The maximum absolute atomic E-state index is 6.24. The van der Waals surface area contributed by atoms with Gasteiger partial charge in [-0.05, 0) is 61.1 Å². The molecule has 1 fully saturated rings. The topological polar surface area (TPSA) is 21.3 Å². The molecule has 0 saturated heterocycles. The van der Waals surface area contributed by atoms with Crippen LogP contribution in [0.1, 0.15) is 29.9 Å². The SMILES string of the molecule is COc1cccc(C2CC(Nc3cc(C)ccc3Cl)C2)c1. The molecule has 0 heterocycles. The summed E-state index contributed by atoms with van der Waals surface area (Å²) in [7, 11) is 1.71. The van der Waals surface area contributed by atoms with Crippen molar-refractivity contribution < 1.29 is 4.74 Å². The van der Waals surface area contributed by atoms with Crippen LogP contribution in [0, 0.1) is 6.92 Å². The van der Waals surface area contributed by atoms with E-state index in [1.807, 2.05) is 18.2 Å². The minimum absolute atomic E-state index is 0.500. The standard InChI is InChI=1S/C18H20ClNO/c1-12-6-7-17(19)18(8-12)20-15-9-14(10-15)13-4-3-5-16(11-13)21-2/h3-8,11,14-15,20H,9-10H2,1-2H3. The van der Waals surface area contributed by atoms with Crippen LogP contribution in [0.3, 0.4) is 0 Å². The Morgan fingerprint density at radius 3 is 2.71 bits per heavy atom. The summed E-state index contributed by atoms with van der Waals surface area (Å²) >= 11 is 6.24. The Hall–Kier alpha value is -1.67. The molecule has 0 bridgehead atoms. The molecular formula is C18H20ClNO. The molecule has 0 atom stereocenters. The van der Waals surface area contributed by atoms with Crippen molar-refractivity contribution in [2.45, 2.75) is 31.7 Å². The highest BCUT2D eigenvalue weighted by atomic mass is 35.5. The van der Waals surface area contributed by atoms with Gasteiger partial charge in [-0.2, -0.15) is 0 Å². The molecule has 0 spiro atoms. The van der Waals surface area contributed by atoms with Gasteiger partial charge in [0, 0.05) is 6.04 Å². The van der Waals surface area contributed by atoms with Crippen molar-refractivity contribution in [3.63, 3.8) is 0 Å². The molecule has 0 aromatic heterocycles. The van der Waals surface area contributed by atoms with Crippen molar-refractivity contribution in [3.8, 4) is 5.75 Å². The Morgan fingerprint density at radius 1 is 1.14 bits per heavy atom. The van der Waals surface area contributed by atoms with Gasteiger partial charge in [-0.1, -0.05) is 29.8 Å². The van der Waals surface area contributed by atoms with Crippen LogP contribution < -0.4 is 10.1 Å². The molecule has 2 aromatic rings. The predicted octanol–water partition coefficient (Wildman–Crippen LogP) is 5.02. The van der Waals surface area contributed by atoms with Crippen molar-refractivity contribution in [1.82, 2.24) is 0 Å². The molecule has 21 heavy (non-hydrogen) atoms. The van der Waals surface area contributed by atoms with E-state index in [0.29, 0.717) is 12.0 Å². The molecule has 1 aliphatic carbocycles. The molecule has 0 amide bonds. The van der Waals surface area contributed by atoms with E-state index in [4.69, 9.17) is 16.3 Å². The molecule has 0 radical (unpaired) electrons. The summed E-state index contributed by atoms with van der Waals surface area (Å²) in [5.41, 5.74) is 3.64. The second-order valence-corrected chi connectivity index (χ2v) is 6.18. The van der Waals surface area contributed by atoms with Gasteiger partial charge in [0.05, 0.1) is 17.8 Å². The maximum Gasteiger partial charge on any atom is 0.119 e. The largest absolute Gasteiger partial charge is 0.497 e. The summed E-state index contributed by atoms with van der Waals surface area (Å²) in [5.74, 6) is 1.55. The quantitative estimate of drug-likeness (QED) is 0.856. The first-order valence-corrected chi connectivity index (χ1v) is 7.70. The molecule has 2 aromatic carbocycles. The number of ether oxygens (including phenoxy) is 1. The number of aryl methyl sites for hydroxylation is 1. The first-order chi connectivity index (χ1) is 10.2. The van der Waals surface area contributed by atoms with E-state index >= 15 is 0 Å². The van der Waals surface area contributed by atoms with Crippen molar-refractivity contribution in [1.29, 1.82) is 0 Å². The number of hydrogen-bond donors (Lipinski definition) is 1. The number of methoxy groups -OCH3 is 1. The Bertz CT molecular complexity index is 635. The molecule has 110 valence electrons. The van der Waals surface area contributed by atoms with Crippen molar-refractivity contribution in [2.75, 3.05) is 12.4 Å². The summed E-state index contributed by atoms with van der Waals surface area (Å²) in [6.07, 6.45) is 2.27. The lowest BCUT2D eigenvalue weighted by Crippen LogP contribution is -2.34. The highest BCUT2D eigenvalue weighted by Crippen LogP contribution is 2.40. The van der Waals surface area contributed by atoms with Gasteiger partial charge in [0.25, 0.3) is 0 Å². The Morgan fingerprint density at radius 2 is 1.95 bits per heavy atom. The molecule has 3 rings (SSSR count). The Balaban J connectivity index is 1.61. The third kappa shape index (κ3) is 3.16. The van der Waals surface area contributed by atoms with Crippen LogP contribution in [0.5, 0.6) is 5.75 Å². The average molecular weight is 302 g/mol. The number of halogens is 1. The van der Waals surface area contributed by atoms with Gasteiger partial charge in [0.15, 0.2) is 0 Å². The van der Waals surface area contributed by atoms with Crippen LogP contribution in [0.2, 0.25) is 5.02 Å². The minimum atomic E-state index is 0.500. The van der Waals surface area contributed by atoms with Crippen LogP contribution in [0.25, 0.3) is 0 Å². The number of rotatable bonds is 4. The van der Waals surface area contributed by atoms with E-state index in [0.717, 1.165) is 29.3 Å². The summed E-state index contributed by atoms with van der Waals surface area (Å²) in [6.45, 7) is 2.08. The number of anilines is 1. The predicted molar refractivity (Wildman–Crippen MR) is 88.6 cm³/mol. The highest BCUT2D eigenvalue weighted by molar-refractivity contribution is 6.33. The molecular weight excluding hydrogens is 282 g/mol. The summed E-state index contributed by atoms with van der Waals surface area (Å²) in [4.78, 5) is 0. The van der Waals surface area contributed by atoms with Crippen molar-refractivity contribution in [2.24, 2.45) is 0 Å². The molecule has 1 saturated carbocycles. The van der Waals surface area contributed by atoms with E-state index in [2.05, 4.69) is 36.5 Å². The number of benzene rings is 2. The van der Waals surface area contributed by atoms with Gasteiger partial charge in [-0.15, -0.1) is 0 Å². The molecule has 0 aliphatic heterocycles. The lowest BCUT2D eigenvalue weighted by molar-refractivity contribution is 0.370. The lowest BCUT2D eigenvalue weighted by Gasteiger charge is -2.37. The van der Waals surface area contributed by atoms with Crippen molar-refractivity contribution >= 4 is 17.3 Å². The van der Waals surface area contributed by atoms with Gasteiger partial charge in [0.1, 0.15) is 5.75 Å². The third-order valence-electron chi connectivity index (χ3n) is 4.18. The van der Waals surface area contributed by atoms with Gasteiger partial charge >= 0.3 is 0 Å². The molecule has 2 nitrogen and oxygen atoms in total. The zero-order valence-electron chi connectivity index (χ0n) is 12.4. The van der Waals surface area contributed by atoms with E-state index in [1.165, 1.54) is 11.1 Å². The van der Waals surface area contributed by atoms with Crippen LogP contribution >= 0.6 is 11.6 Å². The fraction of sp³-hybridized carbons (Fsp3) is 0.333. The maximum atomic E-state index is 6.24. The molecule has 3 heteroatoms. The Kier molecular flexibility index (Phi) is 4.07. The lowest BCUT2D eigenvalue weighted by atomic mass is 9.75. The Labute approximate surface area is 131 Å². The van der Waals surface area contributed by atoms with Crippen LogP contribution in [0.4, 0.5) is 5.69 Å². The van der Waals surface area contributed by atoms with Crippen LogP contribution in [-0.4, -0.2) is 13.2 Å². The van der Waals surface area contributed by atoms with Gasteiger partial charge in [0.2, 0.25) is 0 Å². The zero-order chi connectivity index (χ0) is 14.8. The summed E-state index contributed by atoms with van der Waals surface area (Å²) in [5, 5.41) is 4.35. The molecule has 1 N–H and O–H groups in total. The number of nitrogens with one attached hydrogen (secondary N) is 1. The van der Waals surface area contributed by atoms with Crippen LogP contribution in [0.15, 0.2) is 42.5 Å². The summed E-state index contributed by atoms with van der Waals surface area (Å²) < 4.78 is 5.29. The van der Waals surface area contributed by atoms with Crippen molar-refractivity contribution in [3.05, 3.63) is 58.6 Å². The fourth-order valence-corrected chi connectivity index (χ4v) is 3.05. The van der Waals surface area contributed by atoms with E-state index in [-0.39, 0.29) is 0 Å². The van der Waals surface area contributed by atoms with E-state index in [9.17, 15) is 0 Å². The fourth-order valence-electron chi connectivity index (χ4n) is 2.87. The van der Waals surface area contributed by atoms with Gasteiger partial charge in [-0.3, -0.25) is 0 Å². The van der Waals surface area contributed by atoms with Crippen LogP contribution in [-0.2, 0) is 0 Å². The van der Waals surface area contributed by atoms with Gasteiger partial charge in [-0.25, -0.2) is 0 Å². The summed E-state index contributed by atoms with van der Waals surface area (Å²) in [6, 6.07) is 15.0. The smallest absolute Gasteiger partial charge is 0.119 e. The third-order valence-corrected chi connectivity index (χ3v) is 4.51. The second kappa shape index (κ2) is 5.98. The monoisotopic (exact) mass is 301 g/mol. The number of hydrogen-bond acceptors (Lipinski definition) is 2. The molecule has 1 aliphatic rings. The van der Waals surface area contributed by atoms with E-state index in [1.54, 1.807) is 7.11 Å². The first-order valence-electron chi connectivity index (χ1n) is 7.32. The minimum Gasteiger partial charge on any atom is -0.497 e. The highest BCUT2D eigenvalue weighted by Gasteiger charge is 2.30.